The molecule has 6 nitrogen and oxygen atoms in total. The Bertz CT molecular complexity index is 981. The molecule has 4 amide bonds. The Morgan fingerprint density at radius 2 is 1.70 bits per heavy atom. The minimum Gasteiger partial charge on any atom is -0.339 e. The van der Waals surface area contributed by atoms with Crippen molar-refractivity contribution in [3.63, 3.8) is 0 Å². The maximum absolute atomic E-state index is 13.1. The van der Waals surface area contributed by atoms with E-state index in [9.17, 15) is 18.8 Å². The van der Waals surface area contributed by atoms with Gasteiger partial charge in [0.1, 0.15) is 11.4 Å². The lowest BCUT2D eigenvalue weighted by Crippen LogP contribution is -2.55. The van der Waals surface area contributed by atoms with Crippen molar-refractivity contribution in [3.8, 4) is 0 Å². The number of nitrogens with one attached hydrogen (secondary N) is 1. The van der Waals surface area contributed by atoms with Crippen molar-refractivity contribution in [3.05, 3.63) is 77.6 Å². The molecule has 2 aliphatic heterocycles. The van der Waals surface area contributed by atoms with E-state index in [0.717, 1.165) is 5.56 Å². The molecule has 0 bridgehead atoms. The normalized spacial score (nSPS) is 18.3. The molecule has 154 valence electrons. The number of carbonyl (C=O) groups is 3. The van der Waals surface area contributed by atoms with Gasteiger partial charge in [0.15, 0.2) is 0 Å². The van der Waals surface area contributed by atoms with E-state index in [-0.39, 0.29) is 24.2 Å². The first-order valence-electron chi connectivity index (χ1n) is 9.87. The van der Waals surface area contributed by atoms with Crippen LogP contribution in [-0.4, -0.2) is 46.3 Å². The zero-order chi connectivity index (χ0) is 21.1. The van der Waals surface area contributed by atoms with Gasteiger partial charge in [-0.3, -0.25) is 14.5 Å². The topological polar surface area (TPSA) is 69.7 Å². The molecular weight excluding hydrogens is 385 g/mol. The average Bonchev–Trinajstić information content (AvgIpc) is 2.99. The van der Waals surface area contributed by atoms with Crippen LogP contribution in [0.5, 0.6) is 0 Å². The highest BCUT2D eigenvalue weighted by Crippen LogP contribution is 2.30. The number of benzene rings is 2. The van der Waals surface area contributed by atoms with Crippen molar-refractivity contribution in [1.29, 1.82) is 0 Å². The number of urea groups is 1. The molecule has 2 heterocycles. The molecule has 2 saturated heterocycles. The number of carbonyl (C=O) groups excluding carboxylic acids is 3. The fourth-order valence-electron chi connectivity index (χ4n) is 3.88. The second-order valence-electron chi connectivity index (χ2n) is 7.60. The summed E-state index contributed by atoms with van der Waals surface area (Å²) in [6.45, 7) is 0.859. The Balaban J connectivity index is 1.38. The Morgan fingerprint density at radius 1 is 1.03 bits per heavy atom. The standard InChI is InChI=1S/C23H22FN3O3/c24-19-9-6-18(7-10-19)16-27-21(29)23(25-22(27)30)12-14-26(15-13-23)20(28)11-8-17-4-2-1-3-5-17/h1-11H,12-16H2,(H,25,30). The smallest absolute Gasteiger partial charge is 0.325 e. The van der Waals surface area contributed by atoms with Gasteiger partial charge in [0.2, 0.25) is 5.91 Å². The van der Waals surface area contributed by atoms with Crippen molar-refractivity contribution in [2.75, 3.05) is 13.1 Å². The van der Waals surface area contributed by atoms with Crippen molar-refractivity contribution in [2.45, 2.75) is 24.9 Å². The molecular formula is C23H22FN3O3. The molecule has 0 atom stereocenters. The molecule has 0 unspecified atom stereocenters. The third-order valence-corrected chi connectivity index (χ3v) is 5.65. The number of hydrogen-bond donors (Lipinski definition) is 1. The van der Waals surface area contributed by atoms with Crippen molar-refractivity contribution in [1.82, 2.24) is 15.1 Å². The molecule has 0 radical (unpaired) electrons. The lowest BCUT2D eigenvalue weighted by atomic mass is 9.87. The fraction of sp³-hybridized carbons (Fsp3) is 0.261. The molecule has 2 aromatic carbocycles. The predicted molar refractivity (Wildman–Crippen MR) is 110 cm³/mol. The number of likely N-dealkylation sites (tertiary alicyclic amines) is 1. The third-order valence-electron chi connectivity index (χ3n) is 5.65. The quantitative estimate of drug-likeness (QED) is 0.626. The number of imide groups is 1. The Morgan fingerprint density at radius 3 is 2.37 bits per heavy atom. The molecule has 0 aromatic heterocycles. The number of amides is 4. The maximum Gasteiger partial charge on any atom is 0.325 e. The first-order chi connectivity index (χ1) is 14.5. The van der Waals surface area contributed by atoms with Crippen LogP contribution in [-0.2, 0) is 16.1 Å². The molecule has 4 rings (SSSR count). The summed E-state index contributed by atoms with van der Waals surface area (Å²) in [4.78, 5) is 40.8. The molecule has 1 spiro atoms. The number of piperidine rings is 1. The van der Waals surface area contributed by atoms with Gasteiger partial charge in [-0.05, 0) is 42.2 Å². The van der Waals surface area contributed by atoms with Crippen molar-refractivity contribution >= 4 is 23.9 Å². The van der Waals surface area contributed by atoms with Crippen molar-refractivity contribution < 1.29 is 18.8 Å². The highest BCUT2D eigenvalue weighted by atomic mass is 19.1. The van der Waals surface area contributed by atoms with Gasteiger partial charge in [-0.2, -0.15) is 0 Å². The zero-order valence-corrected chi connectivity index (χ0v) is 16.4. The van der Waals surface area contributed by atoms with Gasteiger partial charge < -0.3 is 10.2 Å². The van der Waals surface area contributed by atoms with Gasteiger partial charge in [-0.15, -0.1) is 0 Å². The summed E-state index contributed by atoms with van der Waals surface area (Å²) < 4.78 is 13.1. The maximum atomic E-state index is 13.1. The van der Waals surface area contributed by atoms with E-state index in [1.807, 2.05) is 30.3 Å². The van der Waals surface area contributed by atoms with Crippen LogP contribution in [0.2, 0.25) is 0 Å². The van der Waals surface area contributed by atoms with Crippen LogP contribution in [0.25, 0.3) is 6.08 Å². The van der Waals surface area contributed by atoms with E-state index >= 15 is 0 Å². The zero-order valence-electron chi connectivity index (χ0n) is 16.4. The summed E-state index contributed by atoms with van der Waals surface area (Å²) in [6, 6.07) is 14.8. The van der Waals surface area contributed by atoms with E-state index in [0.29, 0.717) is 31.5 Å². The predicted octanol–water partition coefficient (Wildman–Crippen LogP) is 2.95. The van der Waals surface area contributed by atoms with Crippen LogP contribution in [0.4, 0.5) is 9.18 Å². The SMILES string of the molecule is O=C(C=Cc1ccccc1)N1CCC2(CC1)NC(=O)N(Cc1ccc(F)cc1)C2=O. The second-order valence-corrected chi connectivity index (χ2v) is 7.60. The molecule has 0 aliphatic carbocycles. The van der Waals surface area contributed by atoms with Crippen molar-refractivity contribution in [2.24, 2.45) is 0 Å². The highest BCUT2D eigenvalue weighted by Gasteiger charge is 2.52. The number of hydrogen-bond acceptors (Lipinski definition) is 3. The molecule has 2 aromatic rings. The molecule has 2 aliphatic rings. The minimum absolute atomic E-state index is 0.0924. The van der Waals surface area contributed by atoms with E-state index in [2.05, 4.69) is 5.32 Å². The number of nitrogens with zero attached hydrogens (tertiary/aromatic N) is 2. The third kappa shape index (κ3) is 3.96. The van der Waals surface area contributed by atoms with E-state index in [1.54, 1.807) is 23.1 Å². The van der Waals surface area contributed by atoms with Gasteiger partial charge in [-0.1, -0.05) is 42.5 Å². The first kappa shape index (κ1) is 19.8. The number of halogens is 1. The van der Waals surface area contributed by atoms with E-state index < -0.39 is 11.6 Å². The highest BCUT2D eigenvalue weighted by molar-refractivity contribution is 6.07. The Kier molecular flexibility index (Phi) is 5.35. The van der Waals surface area contributed by atoms with Crippen LogP contribution < -0.4 is 5.32 Å². The summed E-state index contributed by atoms with van der Waals surface area (Å²) in [6.07, 6.45) is 4.02. The molecule has 0 saturated carbocycles. The van der Waals surface area contributed by atoms with Crippen LogP contribution >= 0.6 is 0 Å². The summed E-state index contributed by atoms with van der Waals surface area (Å²) in [7, 11) is 0. The van der Waals surface area contributed by atoms with Gasteiger partial charge in [-0.25, -0.2) is 9.18 Å². The lowest BCUT2D eigenvalue weighted by molar-refractivity contribution is -0.136. The molecule has 1 N–H and O–H groups in total. The summed E-state index contributed by atoms with van der Waals surface area (Å²) in [5.41, 5.74) is 0.640. The summed E-state index contributed by atoms with van der Waals surface area (Å²) in [5.74, 6) is -0.775. The average molecular weight is 407 g/mol. The van der Waals surface area contributed by atoms with Crippen LogP contribution in [0.15, 0.2) is 60.7 Å². The largest absolute Gasteiger partial charge is 0.339 e. The van der Waals surface area contributed by atoms with Gasteiger partial charge >= 0.3 is 6.03 Å². The molecule has 7 heteroatoms. The Labute approximate surface area is 174 Å². The first-order valence-corrected chi connectivity index (χ1v) is 9.87. The number of rotatable bonds is 4. The molecule has 30 heavy (non-hydrogen) atoms. The lowest BCUT2D eigenvalue weighted by Gasteiger charge is -2.36. The van der Waals surface area contributed by atoms with Crippen LogP contribution in [0.1, 0.15) is 24.0 Å². The van der Waals surface area contributed by atoms with Crippen LogP contribution in [0, 0.1) is 5.82 Å². The summed E-state index contributed by atoms with van der Waals surface area (Å²) >= 11 is 0. The second kappa shape index (κ2) is 8.10. The Hall–Kier alpha value is -3.48. The van der Waals surface area contributed by atoms with E-state index in [1.165, 1.54) is 23.1 Å². The minimum atomic E-state index is -0.975. The van der Waals surface area contributed by atoms with Gasteiger partial charge in [0.25, 0.3) is 5.91 Å². The fourth-order valence-corrected chi connectivity index (χ4v) is 3.88. The summed E-state index contributed by atoms with van der Waals surface area (Å²) in [5, 5.41) is 2.83. The van der Waals surface area contributed by atoms with Crippen LogP contribution in [0.3, 0.4) is 0 Å². The van der Waals surface area contributed by atoms with E-state index in [4.69, 9.17) is 0 Å². The van der Waals surface area contributed by atoms with Gasteiger partial charge in [0, 0.05) is 19.2 Å². The monoisotopic (exact) mass is 407 g/mol. The van der Waals surface area contributed by atoms with Gasteiger partial charge in [0.05, 0.1) is 6.54 Å². The molecule has 2 fully saturated rings.